The highest BCUT2D eigenvalue weighted by molar-refractivity contribution is 5.85. The average Bonchev–Trinajstić information content (AvgIpc) is 2.25. The molecule has 0 radical (unpaired) electrons. The quantitative estimate of drug-likeness (QED) is 0.821. The number of hydrogen-bond donors (Lipinski definition) is 1. The van der Waals surface area contributed by atoms with Crippen molar-refractivity contribution in [2.45, 2.75) is 39.8 Å². The van der Waals surface area contributed by atoms with Crippen LogP contribution in [0.3, 0.4) is 0 Å². The van der Waals surface area contributed by atoms with Gasteiger partial charge in [-0.15, -0.1) is 12.4 Å². The van der Waals surface area contributed by atoms with Crippen molar-refractivity contribution in [2.75, 3.05) is 32.7 Å². The van der Waals surface area contributed by atoms with Gasteiger partial charge in [0.1, 0.15) is 0 Å². The molecule has 0 aromatic carbocycles. The second kappa shape index (κ2) is 7.90. The Labute approximate surface area is 111 Å². The van der Waals surface area contributed by atoms with E-state index in [2.05, 4.69) is 24.1 Å². The summed E-state index contributed by atoms with van der Waals surface area (Å²) in [5.74, 6) is 0.255. The van der Waals surface area contributed by atoms with Gasteiger partial charge in [-0.1, -0.05) is 0 Å². The lowest BCUT2D eigenvalue weighted by Gasteiger charge is -2.39. The van der Waals surface area contributed by atoms with Crippen molar-refractivity contribution >= 4 is 18.3 Å². The van der Waals surface area contributed by atoms with Crippen LogP contribution in [0.2, 0.25) is 0 Å². The van der Waals surface area contributed by atoms with Gasteiger partial charge < -0.3 is 10.2 Å². The van der Waals surface area contributed by atoms with Gasteiger partial charge in [-0.3, -0.25) is 9.69 Å². The Hall–Kier alpha value is -0.320. The zero-order valence-electron chi connectivity index (χ0n) is 11.4. The lowest BCUT2D eigenvalue weighted by Crippen LogP contribution is -2.57. The maximum atomic E-state index is 12.0. The number of rotatable bonds is 4. The number of likely N-dealkylation sites (N-methyl/N-ethyl adjacent to an activating group) is 1. The van der Waals surface area contributed by atoms with Crippen LogP contribution in [-0.4, -0.2) is 60.5 Å². The largest absolute Gasteiger partial charge is 0.342 e. The van der Waals surface area contributed by atoms with Gasteiger partial charge in [0.05, 0.1) is 6.54 Å². The van der Waals surface area contributed by atoms with E-state index < -0.39 is 0 Å². The Bertz CT molecular complexity index is 224. The van der Waals surface area contributed by atoms with Crippen molar-refractivity contribution in [2.24, 2.45) is 0 Å². The summed E-state index contributed by atoms with van der Waals surface area (Å²) in [6.07, 6.45) is 0. The minimum atomic E-state index is 0. The summed E-state index contributed by atoms with van der Waals surface area (Å²) in [5, 5.41) is 3.38. The van der Waals surface area contributed by atoms with Gasteiger partial charge in [-0.2, -0.15) is 0 Å². The number of nitrogens with one attached hydrogen (secondary N) is 1. The topological polar surface area (TPSA) is 35.6 Å². The smallest absolute Gasteiger partial charge is 0.236 e. The first kappa shape index (κ1) is 16.7. The molecule has 0 aromatic rings. The lowest BCUT2D eigenvalue weighted by atomic mass is 10.1. The van der Waals surface area contributed by atoms with Gasteiger partial charge in [0.15, 0.2) is 0 Å². The summed E-state index contributed by atoms with van der Waals surface area (Å²) in [6, 6.07) is 0.895. The minimum absolute atomic E-state index is 0. The van der Waals surface area contributed by atoms with Crippen LogP contribution in [0, 0.1) is 0 Å². The first-order valence-corrected chi connectivity index (χ1v) is 6.34. The maximum Gasteiger partial charge on any atom is 0.236 e. The molecule has 4 nitrogen and oxygen atoms in total. The molecule has 0 aliphatic carbocycles. The molecule has 1 rings (SSSR count). The highest BCUT2D eigenvalue weighted by atomic mass is 35.5. The van der Waals surface area contributed by atoms with Gasteiger partial charge in [-0.05, 0) is 27.7 Å². The second-order valence-electron chi connectivity index (χ2n) is 4.59. The molecule has 0 aromatic heterocycles. The fraction of sp³-hybridized carbons (Fsp3) is 0.917. The predicted molar refractivity (Wildman–Crippen MR) is 73.7 cm³/mol. The van der Waals surface area contributed by atoms with Crippen LogP contribution in [0.1, 0.15) is 27.7 Å². The molecule has 0 saturated carbocycles. The third kappa shape index (κ3) is 4.45. The first-order chi connectivity index (χ1) is 7.60. The van der Waals surface area contributed by atoms with Crippen LogP contribution in [0.5, 0.6) is 0 Å². The Balaban J connectivity index is 0.00000256. The van der Waals surface area contributed by atoms with Gasteiger partial charge in [-0.25, -0.2) is 0 Å². The highest BCUT2D eigenvalue weighted by Gasteiger charge is 2.27. The van der Waals surface area contributed by atoms with Crippen molar-refractivity contribution in [3.05, 3.63) is 0 Å². The third-order valence-corrected chi connectivity index (χ3v) is 3.45. The molecule has 0 unspecified atom stereocenters. The summed E-state index contributed by atoms with van der Waals surface area (Å²) in [7, 11) is 0. The molecule has 1 saturated heterocycles. The standard InChI is InChI=1S/C12H25N3O.ClH/c1-5-14(6-2)12(16)9-15-10(3)7-13-8-11(15)4;/h10-11,13H,5-9H2,1-4H3;1H/t10-,11+;. The molecule has 1 aliphatic heterocycles. The van der Waals surface area contributed by atoms with Crippen LogP contribution in [0.15, 0.2) is 0 Å². The lowest BCUT2D eigenvalue weighted by molar-refractivity contribution is -0.133. The van der Waals surface area contributed by atoms with Crippen LogP contribution in [0.25, 0.3) is 0 Å². The average molecular weight is 264 g/mol. The Kier molecular flexibility index (Phi) is 7.75. The highest BCUT2D eigenvalue weighted by Crippen LogP contribution is 2.09. The van der Waals surface area contributed by atoms with E-state index in [0.717, 1.165) is 26.2 Å². The van der Waals surface area contributed by atoms with Gasteiger partial charge in [0.2, 0.25) is 5.91 Å². The van der Waals surface area contributed by atoms with Crippen LogP contribution < -0.4 is 5.32 Å². The van der Waals surface area contributed by atoms with Crippen molar-refractivity contribution in [3.8, 4) is 0 Å². The monoisotopic (exact) mass is 263 g/mol. The van der Waals surface area contributed by atoms with E-state index in [4.69, 9.17) is 0 Å². The third-order valence-electron chi connectivity index (χ3n) is 3.45. The van der Waals surface area contributed by atoms with E-state index in [1.54, 1.807) is 0 Å². The van der Waals surface area contributed by atoms with E-state index in [1.807, 2.05) is 18.7 Å². The number of nitrogens with zero attached hydrogens (tertiary/aromatic N) is 2. The minimum Gasteiger partial charge on any atom is -0.342 e. The molecule has 1 aliphatic rings. The molecule has 1 heterocycles. The van der Waals surface area contributed by atoms with E-state index in [-0.39, 0.29) is 18.3 Å². The summed E-state index contributed by atoms with van der Waals surface area (Å²) >= 11 is 0. The van der Waals surface area contributed by atoms with Crippen LogP contribution in [-0.2, 0) is 4.79 Å². The van der Waals surface area contributed by atoms with E-state index in [1.165, 1.54) is 0 Å². The molecule has 5 heteroatoms. The second-order valence-corrected chi connectivity index (χ2v) is 4.59. The molecule has 0 spiro atoms. The maximum absolute atomic E-state index is 12.0. The fourth-order valence-corrected chi connectivity index (χ4v) is 2.31. The van der Waals surface area contributed by atoms with Crippen molar-refractivity contribution < 1.29 is 4.79 Å². The first-order valence-electron chi connectivity index (χ1n) is 6.34. The van der Waals surface area contributed by atoms with Crippen molar-refractivity contribution in [3.63, 3.8) is 0 Å². The Morgan fingerprint density at radius 1 is 1.24 bits per heavy atom. The van der Waals surface area contributed by atoms with Crippen molar-refractivity contribution in [1.82, 2.24) is 15.1 Å². The molecular weight excluding hydrogens is 238 g/mol. The molecular formula is C12H26ClN3O. The SMILES string of the molecule is CCN(CC)C(=O)CN1[C@H](C)CNC[C@@H]1C.Cl. The number of hydrogen-bond acceptors (Lipinski definition) is 3. The molecule has 1 fully saturated rings. The fourth-order valence-electron chi connectivity index (χ4n) is 2.31. The normalized spacial score (nSPS) is 25.2. The Morgan fingerprint density at radius 2 is 1.71 bits per heavy atom. The van der Waals surface area contributed by atoms with E-state index >= 15 is 0 Å². The van der Waals surface area contributed by atoms with Crippen LogP contribution in [0.4, 0.5) is 0 Å². The summed E-state index contributed by atoms with van der Waals surface area (Å²) in [5.41, 5.74) is 0. The number of carbonyl (C=O) groups excluding carboxylic acids is 1. The molecule has 1 amide bonds. The van der Waals surface area contributed by atoms with Gasteiger partial charge in [0, 0.05) is 38.3 Å². The Morgan fingerprint density at radius 3 is 2.12 bits per heavy atom. The predicted octanol–water partition coefficient (Wildman–Crippen LogP) is 0.959. The van der Waals surface area contributed by atoms with E-state index in [9.17, 15) is 4.79 Å². The van der Waals surface area contributed by atoms with Gasteiger partial charge >= 0.3 is 0 Å². The zero-order chi connectivity index (χ0) is 12.1. The zero-order valence-corrected chi connectivity index (χ0v) is 12.2. The number of piperazine rings is 1. The van der Waals surface area contributed by atoms with Gasteiger partial charge in [0.25, 0.3) is 0 Å². The van der Waals surface area contributed by atoms with Crippen LogP contribution >= 0.6 is 12.4 Å². The molecule has 102 valence electrons. The van der Waals surface area contributed by atoms with Crippen molar-refractivity contribution in [1.29, 1.82) is 0 Å². The molecule has 0 bridgehead atoms. The summed E-state index contributed by atoms with van der Waals surface area (Å²) in [4.78, 5) is 16.2. The summed E-state index contributed by atoms with van der Waals surface area (Å²) < 4.78 is 0. The van der Waals surface area contributed by atoms with E-state index in [0.29, 0.717) is 18.6 Å². The summed E-state index contributed by atoms with van der Waals surface area (Å²) in [6.45, 7) is 12.6. The molecule has 2 atom stereocenters. The number of amides is 1. The number of halogens is 1. The number of carbonyl (C=O) groups is 1. The molecule has 17 heavy (non-hydrogen) atoms. The molecule has 1 N–H and O–H groups in total.